The van der Waals surface area contributed by atoms with Gasteiger partial charge in [-0.3, -0.25) is 0 Å². The van der Waals surface area contributed by atoms with E-state index in [2.05, 4.69) is 16.4 Å². The normalized spacial score (nSPS) is 19.6. The molecule has 2 heterocycles. The van der Waals surface area contributed by atoms with Crippen molar-refractivity contribution in [3.05, 3.63) is 17.8 Å². The van der Waals surface area contributed by atoms with Crippen molar-refractivity contribution >= 4 is 23.3 Å². The lowest BCUT2D eigenvalue weighted by Gasteiger charge is -2.21. The molecule has 0 saturated carbocycles. The van der Waals surface area contributed by atoms with Crippen molar-refractivity contribution in [3.8, 4) is 6.07 Å². The molecule has 2 rings (SSSR count). The Bertz CT molecular complexity index is 421. The molecule has 0 spiro atoms. The third-order valence-corrected chi connectivity index (χ3v) is 4.20. The second-order valence-corrected chi connectivity index (χ2v) is 5.55. The molecule has 17 heavy (non-hydrogen) atoms. The van der Waals surface area contributed by atoms with Gasteiger partial charge in [-0.05, 0) is 24.7 Å². The van der Waals surface area contributed by atoms with Gasteiger partial charge in [0.1, 0.15) is 11.9 Å². The summed E-state index contributed by atoms with van der Waals surface area (Å²) in [5.74, 6) is 1.89. The smallest absolute Gasteiger partial charge is 0.144 e. The number of aromatic nitrogens is 1. The molecule has 0 aliphatic carbocycles. The number of hydrogen-bond acceptors (Lipinski definition) is 5. The van der Waals surface area contributed by atoms with Crippen molar-refractivity contribution < 1.29 is 0 Å². The van der Waals surface area contributed by atoms with Gasteiger partial charge in [0.2, 0.25) is 0 Å². The summed E-state index contributed by atoms with van der Waals surface area (Å²) in [5, 5.41) is 12.9. The molecular formula is C12H16N4S. The van der Waals surface area contributed by atoms with Crippen LogP contribution in [0.1, 0.15) is 24.8 Å². The van der Waals surface area contributed by atoms with E-state index in [0.29, 0.717) is 22.3 Å². The molecule has 1 aromatic heterocycles. The Labute approximate surface area is 106 Å². The summed E-state index contributed by atoms with van der Waals surface area (Å²) in [6.45, 7) is 0.871. The summed E-state index contributed by atoms with van der Waals surface area (Å²) in [7, 11) is 0. The summed E-state index contributed by atoms with van der Waals surface area (Å²) in [4.78, 5) is 4.17. The van der Waals surface area contributed by atoms with Crippen LogP contribution in [0.25, 0.3) is 0 Å². The number of thioether (sulfide) groups is 1. The number of nitrogens with zero attached hydrogens (tertiary/aromatic N) is 2. The molecule has 5 heteroatoms. The van der Waals surface area contributed by atoms with Gasteiger partial charge in [-0.15, -0.1) is 0 Å². The number of rotatable bonds is 3. The minimum absolute atomic E-state index is 0.519. The average molecular weight is 248 g/mol. The number of hydrogen-bond donors (Lipinski definition) is 2. The van der Waals surface area contributed by atoms with Crippen molar-refractivity contribution in [2.45, 2.75) is 24.5 Å². The van der Waals surface area contributed by atoms with Crippen LogP contribution in [0.15, 0.2) is 12.3 Å². The molecule has 1 fully saturated rings. The topological polar surface area (TPSA) is 74.7 Å². The summed E-state index contributed by atoms with van der Waals surface area (Å²) >= 11 is 2.00. The molecule has 0 amide bonds. The third-order valence-electron chi connectivity index (χ3n) is 2.80. The molecule has 1 saturated heterocycles. The van der Waals surface area contributed by atoms with Crippen LogP contribution in [0, 0.1) is 11.3 Å². The monoisotopic (exact) mass is 248 g/mol. The molecule has 0 bridgehead atoms. The van der Waals surface area contributed by atoms with Crippen LogP contribution in [0.5, 0.6) is 0 Å². The second kappa shape index (κ2) is 5.78. The van der Waals surface area contributed by atoms with E-state index in [0.717, 1.165) is 6.54 Å². The summed E-state index contributed by atoms with van der Waals surface area (Å²) in [5.41, 5.74) is 6.64. The van der Waals surface area contributed by atoms with Crippen molar-refractivity contribution in [3.63, 3.8) is 0 Å². The second-order valence-electron chi connectivity index (χ2n) is 4.15. The lowest BCUT2D eigenvalue weighted by molar-refractivity contribution is 0.677. The van der Waals surface area contributed by atoms with Crippen LogP contribution < -0.4 is 11.1 Å². The summed E-state index contributed by atoms with van der Waals surface area (Å²) < 4.78 is 0. The first-order chi connectivity index (χ1) is 8.29. The zero-order chi connectivity index (χ0) is 12.1. The third kappa shape index (κ3) is 3.27. The maximum Gasteiger partial charge on any atom is 0.144 e. The van der Waals surface area contributed by atoms with Gasteiger partial charge in [-0.2, -0.15) is 17.0 Å². The molecule has 1 aliphatic rings. The van der Waals surface area contributed by atoms with Gasteiger partial charge >= 0.3 is 0 Å². The molecule has 1 aromatic rings. The van der Waals surface area contributed by atoms with E-state index in [1.54, 1.807) is 12.3 Å². The van der Waals surface area contributed by atoms with Crippen LogP contribution in [0.4, 0.5) is 11.5 Å². The van der Waals surface area contributed by atoms with E-state index >= 15 is 0 Å². The number of nitriles is 1. The predicted octanol–water partition coefficient (Wildman–Crippen LogP) is 2.23. The number of pyridine rings is 1. The van der Waals surface area contributed by atoms with E-state index in [1.165, 1.54) is 25.0 Å². The SMILES string of the molecule is N#Cc1cc(N)cnc1NCC1CCCCS1. The van der Waals surface area contributed by atoms with Gasteiger partial charge in [0.15, 0.2) is 0 Å². The van der Waals surface area contributed by atoms with Crippen LogP contribution in [0.3, 0.4) is 0 Å². The molecule has 3 N–H and O–H groups in total. The minimum atomic E-state index is 0.519. The Balaban J connectivity index is 1.96. The number of nitrogen functional groups attached to an aromatic ring is 1. The first-order valence-electron chi connectivity index (χ1n) is 5.80. The molecular weight excluding hydrogens is 232 g/mol. The standard InChI is InChI=1S/C12H16N4S/c13-6-9-5-10(14)7-15-12(9)16-8-11-3-1-2-4-17-11/h5,7,11H,1-4,8,14H2,(H,15,16). The highest BCUT2D eigenvalue weighted by Gasteiger charge is 2.14. The molecule has 1 atom stereocenters. The van der Waals surface area contributed by atoms with E-state index in [1.807, 2.05) is 11.8 Å². The first kappa shape index (κ1) is 12.1. The van der Waals surface area contributed by atoms with Crippen LogP contribution in [-0.2, 0) is 0 Å². The molecule has 1 unspecified atom stereocenters. The fourth-order valence-corrected chi connectivity index (χ4v) is 3.12. The van der Waals surface area contributed by atoms with Gasteiger partial charge in [0, 0.05) is 11.8 Å². The van der Waals surface area contributed by atoms with Crippen molar-refractivity contribution in [2.75, 3.05) is 23.3 Å². The number of nitrogens with one attached hydrogen (secondary N) is 1. The maximum absolute atomic E-state index is 8.99. The van der Waals surface area contributed by atoms with Crippen molar-refractivity contribution in [1.29, 1.82) is 5.26 Å². The van der Waals surface area contributed by atoms with Crippen LogP contribution in [-0.4, -0.2) is 22.5 Å². The molecule has 0 radical (unpaired) electrons. The Kier molecular flexibility index (Phi) is 4.10. The molecule has 90 valence electrons. The highest BCUT2D eigenvalue weighted by molar-refractivity contribution is 7.99. The van der Waals surface area contributed by atoms with Gasteiger partial charge in [0.25, 0.3) is 0 Å². The van der Waals surface area contributed by atoms with Gasteiger partial charge in [-0.25, -0.2) is 4.98 Å². The highest BCUT2D eigenvalue weighted by Crippen LogP contribution is 2.25. The van der Waals surface area contributed by atoms with E-state index in [4.69, 9.17) is 11.0 Å². The number of anilines is 2. The fraction of sp³-hybridized carbons (Fsp3) is 0.500. The van der Waals surface area contributed by atoms with Gasteiger partial charge in [0.05, 0.1) is 17.4 Å². The van der Waals surface area contributed by atoms with E-state index in [9.17, 15) is 0 Å². The Morgan fingerprint density at radius 1 is 1.59 bits per heavy atom. The molecule has 4 nitrogen and oxygen atoms in total. The highest BCUT2D eigenvalue weighted by atomic mass is 32.2. The van der Waals surface area contributed by atoms with Crippen molar-refractivity contribution in [2.24, 2.45) is 0 Å². The first-order valence-corrected chi connectivity index (χ1v) is 6.85. The largest absolute Gasteiger partial charge is 0.397 e. The Hall–Kier alpha value is -1.41. The minimum Gasteiger partial charge on any atom is -0.397 e. The van der Waals surface area contributed by atoms with Crippen LogP contribution >= 0.6 is 11.8 Å². The number of nitrogens with two attached hydrogens (primary N) is 1. The van der Waals surface area contributed by atoms with E-state index in [-0.39, 0.29) is 0 Å². The Morgan fingerprint density at radius 2 is 2.47 bits per heavy atom. The summed E-state index contributed by atoms with van der Waals surface area (Å²) in [6, 6.07) is 3.77. The zero-order valence-electron chi connectivity index (χ0n) is 9.65. The summed E-state index contributed by atoms with van der Waals surface area (Å²) in [6.07, 6.45) is 5.45. The van der Waals surface area contributed by atoms with Gasteiger partial charge in [-0.1, -0.05) is 6.42 Å². The van der Waals surface area contributed by atoms with Crippen molar-refractivity contribution in [1.82, 2.24) is 4.98 Å². The van der Waals surface area contributed by atoms with Gasteiger partial charge < -0.3 is 11.1 Å². The fourth-order valence-electron chi connectivity index (χ4n) is 1.89. The lowest BCUT2D eigenvalue weighted by atomic mass is 10.2. The molecule has 0 aromatic carbocycles. The Morgan fingerprint density at radius 3 is 3.18 bits per heavy atom. The van der Waals surface area contributed by atoms with Crippen LogP contribution in [0.2, 0.25) is 0 Å². The van der Waals surface area contributed by atoms with E-state index < -0.39 is 0 Å². The predicted molar refractivity (Wildman–Crippen MR) is 72.0 cm³/mol. The average Bonchev–Trinajstić information content (AvgIpc) is 2.38. The molecule has 1 aliphatic heterocycles. The lowest BCUT2D eigenvalue weighted by Crippen LogP contribution is -2.20. The maximum atomic E-state index is 8.99. The zero-order valence-corrected chi connectivity index (χ0v) is 10.5. The quantitative estimate of drug-likeness (QED) is 0.858.